The first kappa shape index (κ1) is 44.8. The van der Waals surface area contributed by atoms with Crippen LogP contribution < -0.4 is 10.6 Å². The Morgan fingerprint density at radius 1 is 1.14 bits per heavy atom. The Morgan fingerprint density at radius 3 is 2.39 bits per heavy atom. The van der Waals surface area contributed by atoms with Gasteiger partial charge in [-0.3, -0.25) is 14.8 Å². The summed E-state index contributed by atoms with van der Waals surface area (Å²) in [6.45, 7) is 9.75. The normalized spacial score (nSPS) is 22.2. The number of likely N-dealkylation sites (N-methyl/N-ethyl adjacent to an activating group) is 1. The average molecular weight is 795 g/mol. The molecule has 2 N–H and O–H groups in total. The van der Waals surface area contributed by atoms with Crippen molar-refractivity contribution in [3.63, 3.8) is 0 Å². The number of aromatic nitrogens is 3. The third kappa shape index (κ3) is 10.2. The Kier molecular flexibility index (Phi) is 16.1. The molecule has 4 atom stereocenters. The number of H-pyrrole nitrogens is 1. The molecular weight excluding hydrogens is 741 g/mol. The van der Waals surface area contributed by atoms with Gasteiger partial charge in [0.1, 0.15) is 49.1 Å². The number of aldehydes is 1. The third-order valence-corrected chi connectivity index (χ3v) is 10.9. The minimum Gasteiger partial charge on any atom is -0.508 e. The summed E-state index contributed by atoms with van der Waals surface area (Å²) in [5, 5.41) is 11.3. The number of rotatable bonds is 6. The predicted molar refractivity (Wildman–Crippen MR) is 215 cm³/mol. The Morgan fingerprint density at radius 2 is 1.82 bits per heavy atom. The first-order chi connectivity index (χ1) is 27.4. The Hall–Kier alpha value is -4.88. The molecule has 0 spiro atoms. The maximum Gasteiger partial charge on any atom is 0.347 e. The van der Waals surface area contributed by atoms with Gasteiger partial charge in [0.2, 0.25) is 0 Å². The van der Waals surface area contributed by atoms with Crippen molar-refractivity contribution in [1.82, 2.24) is 24.8 Å². The van der Waals surface area contributed by atoms with Crippen molar-refractivity contribution in [1.29, 1.82) is 0 Å². The lowest BCUT2D eigenvalue weighted by molar-refractivity contribution is -0.107. The Labute approximate surface area is 331 Å². The number of benzene rings is 2. The van der Waals surface area contributed by atoms with E-state index in [1.807, 2.05) is 18.6 Å². The summed E-state index contributed by atoms with van der Waals surface area (Å²) >= 11 is 0. The fraction of sp³-hybridized carbons (Fsp3) is 0.500. The van der Waals surface area contributed by atoms with E-state index in [1.165, 1.54) is 43.3 Å². The number of fused-ring (bicyclic) bond motifs is 5. The summed E-state index contributed by atoms with van der Waals surface area (Å²) in [7, 11) is 5.27. The topological polar surface area (TPSA) is 141 Å². The van der Waals surface area contributed by atoms with Gasteiger partial charge < -0.3 is 34.1 Å². The van der Waals surface area contributed by atoms with Crippen molar-refractivity contribution < 1.29 is 37.3 Å². The number of hydrogen-bond donors (Lipinski definition) is 2. The van der Waals surface area contributed by atoms with Crippen molar-refractivity contribution in [2.45, 2.75) is 82.6 Å². The second-order valence-electron chi connectivity index (χ2n) is 14.7. The molecule has 0 radical (unpaired) electrons. The van der Waals surface area contributed by atoms with Crippen molar-refractivity contribution >= 4 is 40.6 Å². The van der Waals surface area contributed by atoms with E-state index in [0.29, 0.717) is 61.5 Å². The van der Waals surface area contributed by atoms with Gasteiger partial charge in [-0.05, 0) is 82.6 Å². The largest absolute Gasteiger partial charge is 0.508 e. The van der Waals surface area contributed by atoms with Gasteiger partial charge in [-0.1, -0.05) is 18.9 Å². The molecule has 0 amide bonds. The number of alkyl halides is 1. The molecule has 0 aliphatic carbocycles. The highest BCUT2D eigenvalue weighted by Gasteiger charge is 2.44. The van der Waals surface area contributed by atoms with Gasteiger partial charge in [-0.2, -0.15) is 4.98 Å². The highest BCUT2D eigenvalue weighted by atomic mass is 19.1. The lowest BCUT2D eigenvalue weighted by Crippen LogP contribution is -2.52. The molecular formula is C42H53F3N6O6. The van der Waals surface area contributed by atoms with E-state index in [0.717, 1.165) is 38.5 Å². The van der Waals surface area contributed by atoms with Crippen LogP contribution in [0.5, 0.6) is 5.75 Å². The summed E-state index contributed by atoms with van der Waals surface area (Å²) in [5.41, 5.74) is -0.581. The first-order valence-corrected chi connectivity index (χ1v) is 19.0. The number of phenolic OH excluding ortho intramolecular Hbond substituents is 1. The van der Waals surface area contributed by atoms with Gasteiger partial charge in [0, 0.05) is 75.0 Å². The van der Waals surface area contributed by atoms with Crippen LogP contribution in [0.15, 0.2) is 35.3 Å². The van der Waals surface area contributed by atoms with Crippen LogP contribution in [0.25, 0.3) is 32.9 Å². The van der Waals surface area contributed by atoms with Crippen molar-refractivity contribution in [3.8, 4) is 29.4 Å². The molecule has 57 heavy (non-hydrogen) atoms. The van der Waals surface area contributed by atoms with E-state index in [9.17, 15) is 23.5 Å². The molecule has 2 bridgehead atoms. The number of carbonyl (C=O) groups is 2. The zero-order valence-corrected chi connectivity index (χ0v) is 33.3. The number of anilines is 1. The van der Waals surface area contributed by atoms with E-state index < -0.39 is 23.5 Å². The van der Waals surface area contributed by atoms with Gasteiger partial charge in [0.05, 0.1) is 16.5 Å². The number of halogens is 3. The van der Waals surface area contributed by atoms with Crippen LogP contribution in [0.2, 0.25) is 0 Å². The molecule has 0 saturated carbocycles. The predicted octanol–water partition coefficient (Wildman–Crippen LogP) is 6.01. The van der Waals surface area contributed by atoms with Gasteiger partial charge in [-0.15, -0.1) is 6.42 Å². The summed E-state index contributed by atoms with van der Waals surface area (Å²) in [5.74, 6) is 1.11. The number of aromatic hydroxyl groups is 1. The molecule has 15 heteroatoms. The number of phenols is 1. The number of carbonyl (C=O) groups excluding carboxylic acids is 2. The number of pyridine rings is 1. The van der Waals surface area contributed by atoms with E-state index in [4.69, 9.17) is 11.2 Å². The van der Waals surface area contributed by atoms with Gasteiger partial charge >= 0.3 is 5.69 Å². The zero-order chi connectivity index (χ0) is 41.9. The van der Waals surface area contributed by atoms with Crippen LogP contribution in [0.1, 0.15) is 64.4 Å². The van der Waals surface area contributed by atoms with Crippen molar-refractivity contribution in [2.75, 3.05) is 59.1 Å². The molecule has 308 valence electrons. The minimum atomic E-state index is -0.806. The van der Waals surface area contributed by atoms with Crippen LogP contribution in [0, 0.1) is 24.0 Å². The van der Waals surface area contributed by atoms with Crippen molar-refractivity contribution in [2.24, 2.45) is 0 Å². The van der Waals surface area contributed by atoms with E-state index in [-0.39, 0.29) is 39.0 Å². The average Bonchev–Trinajstić information content (AvgIpc) is 3.74. The van der Waals surface area contributed by atoms with E-state index in [2.05, 4.69) is 54.1 Å². The summed E-state index contributed by atoms with van der Waals surface area (Å²) < 4.78 is 52.3. The number of hydrogen-bond acceptors (Lipinski definition) is 11. The molecule has 4 saturated heterocycles. The maximum atomic E-state index is 16.0. The fourth-order valence-corrected chi connectivity index (χ4v) is 8.18. The number of aromatic amines is 1. The van der Waals surface area contributed by atoms with Crippen LogP contribution in [0.4, 0.5) is 19.0 Å². The number of nitrogens with one attached hydrogen (secondary N) is 1. The fourth-order valence-electron chi connectivity index (χ4n) is 8.18. The molecule has 4 aliphatic rings. The van der Waals surface area contributed by atoms with Crippen LogP contribution in [-0.4, -0.2) is 121 Å². The standard InChI is InChI=1S/C26H21F2N5O2.C8H14FN.C4H8O.C3H8O2.CH2O/c1-3-17-20(27)7-4-13-8-16(34)9-18(21(13)17)23-22(28)24-19(10-29-23)25(31-26(35)30-24)33-11-14-5-6-15(12-33)32(14)2;1-8-3-2-4-10(8)6-7(9)5-8;1-2-3-4-5;1-4-3-5-2;1-2/h1,4,7-10,14-15,34H,5-6,11-12H2,2H3,(H,30,31,35);7H,2-6H2,1H3;4H,2-3H2,1H3;3H2,1-2H3;1H2/t;7-,8+;;;/m.1.../s1. The van der Waals surface area contributed by atoms with Gasteiger partial charge in [0.25, 0.3) is 0 Å². The second-order valence-corrected chi connectivity index (χ2v) is 14.7. The molecule has 6 heterocycles. The SMILES string of the molecule is C#Cc1c(F)ccc2cc(O)cc(-c3ncc4c(N5CC6CCC(C5)N6C)nc(=O)[nH]c4c3F)c12.C=O.CCCC=O.COCOC.C[C@@]12CCCN1C[C@H](F)C2. The highest BCUT2D eigenvalue weighted by molar-refractivity contribution is 6.02. The third-order valence-electron chi connectivity index (χ3n) is 10.9. The van der Waals surface area contributed by atoms with Crippen LogP contribution >= 0.6 is 0 Å². The Balaban J connectivity index is 0.000000267. The van der Waals surface area contributed by atoms with Gasteiger partial charge in [0.15, 0.2) is 5.82 Å². The Bertz CT molecular complexity index is 2080. The smallest absolute Gasteiger partial charge is 0.347 e. The molecule has 8 rings (SSSR count). The number of methoxy groups -OCH3 is 2. The number of nitrogens with zero attached hydrogens (tertiary/aromatic N) is 5. The molecule has 2 unspecified atom stereocenters. The van der Waals surface area contributed by atoms with Crippen molar-refractivity contribution in [3.05, 3.63) is 58.1 Å². The number of piperazine rings is 1. The highest BCUT2D eigenvalue weighted by Crippen LogP contribution is 2.40. The molecule has 2 aromatic carbocycles. The number of terminal acetylenes is 1. The quantitative estimate of drug-likeness (QED) is 0.135. The molecule has 4 aromatic rings. The monoisotopic (exact) mass is 794 g/mol. The first-order valence-electron chi connectivity index (χ1n) is 19.0. The summed E-state index contributed by atoms with van der Waals surface area (Å²) in [6, 6.07) is 6.06. The lowest BCUT2D eigenvalue weighted by Gasteiger charge is -2.39. The van der Waals surface area contributed by atoms with Crippen LogP contribution in [-0.2, 0) is 19.1 Å². The van der Waals surface area contributed by atoms with E-state index in [1.54, 1.807) is 14.2 Å². The van der Waals surface area contributed by atoms with Crippen LogP contribution in [0.3, 0.4) is 0 Å². The molecule has 2 aromatic heterocycles. The summed E-state index contributed by atoms with van der Waals surface area (Å²) in [4.78, 5) is 47.6. The number of unbranched alkanes of at least 4 members (excludes halogenated alkanes) is 1. The van der Waals surface area contributed by atoms with Gasteiger partial charge in [-0.25, -0.2) is 18.0 Å². The number of ether oxygens (including phenoxy) is 2. The van der Waals surface area contributed by atoms with E-state index >= 15 is 4.39 Å². The summed E-state index contributed by atoms with van der Waals surface area (Å²) in [6.07, 6.45) is 14.4. The second kappa shape index (κ2) is 20.5. The maximum absolute atomic E-state index is 16.0. The molecule has 4 fully saturated rings. The minimum absolute atomic E-state index is 0.0496. The molecule has 12 nitrogen and oxygen atoms in total. The zero-order valence-electron chi connectivity index (χ0n) is 33.3. The molecule has 4 aliphatic heterocycles. The lowest BCUT2D eigenvalue weighted by atomic mass is 9.96.